The normalized spacial score (nSPS) is 17.0. The molecule has 1 saturated heterocycles. The summed E-state index contributed by atoms with van der Waals surface area (Å²) in [5, 5.41) is 0.793. The summed E-state index contributed by atoms with van der Waals surface area (Å²) in [6.07, 6.45) is 1.75. The molecular weight excluding hydrogens is 280 g/mol. The molecule has 0 radical (unpaired) electrons. The van der Waals surface area contributed by atoms with Crippen molar-refractivity contribution in [1.82, 2.24) is 24.8 Å². The fourth-order valence-electron chi connectivity index (χ4n) is 2.10. The van der Waals surface area contributed by atoms with Crippen molar-refractivity contribution in [1.29, 1.82) is 0 Å². The third-order valence-corrected chi connectivity index (χ3v) is 3.79. The Kier molecular flexibility index (Phi) is 3.29. The topological polar surface area (TPSA) is 63.8 Å². The second kappa shape index (κ2) is 4.95. The minimum atomic E-state index is 0.487. The maximum absolute atomic E-state index is 5.21. The Morgan fingerprint density at radius 3 is 2.63 bits per heavy atom. The van der Waals surface area contributed by atoms with E-state index in [1.165, 1.54) is 0 Å². The Morgan fingerprint density at radius 1 is 1.16 bits per heavy atom. The van der Waals surface area contributed by atoms with Crippen LogP contribution in [-0.4, -0.2) is 58.1 Å². The van der Waals surface area contributed by atoms with Gasteiger partial charge in [0.2, 0.25) is 5.95 Å². The van der Waals surface area contributed by atoms with Crippen LogP contribution in [0.25, 0.3) is 11.0 Å². The van der Waals surface area contributed by atoms with Crippen molar-refractivity contribution in [2.45, 2.75) is 0 Å². The van der Waals surface area contributed by atoms with Gasteiger partial charge in [-0.05, 0) is 19.3 Å². The van der Waals surface area contributed by atoms with E-state index in [1.807, 2.05) is 0 Å². The number of likely N-dealkylation sites (N-methyl/N-ethyl adjacent to an activating group) is 1. The number of H-pyrrole nitrogens is 2. The highest BCUT2D eigenvalue weighted by atomic mass is 32.1. The smallest absolute Gasteiger partial charge is 0.227 e. The molecule has 0 unspecified atom stereocenters. The Bertz CT molecular complexity index is 713. The molecule has 2 N–H and O–H groups in total. The number of anilines is 1. The van der Waals surface area contributed by atoms with E-state index in [-0.39, 0.29) is 0 Å². The average molecular weight is 294 g/mol. The van der Waals surface area contributed by atoms with Crippen LogP contribution in [0.5, 0.6) is 0 Å². The largest absolute Gasteiger partial charge is 0.338 e. The molecule has 8 heteroatoms. The van der Waals surface area contributed by atoms with Gasteiger partial charge in [-0.3, -0.25) is 0 Å². The minimum absolute atomic E-state index is 0.487. The third-order valence-electron chi connectivity index (χ3n) is 3.27. The number of aromatic amines is 2. The van der Waals surface area contributed by atoms with Crippen LogP contribution < -0.4 is 4.90 Å². The highest BCUT2D eigenvalue weighted by molar-refractivity contribution is 7.72. The molecule has 0 aliphatic carbocycles. The molecule has 100 valence electrons. The van der Waals surface area contributed by atoms with Crippen LogP contribution in [0, 0.1) is 9.41 Å². The van der Waals surface area contributed by atoms with Gasteiger partial charge in [0.15, 0.2) is 4.77 Å². The van der Waals surface area contributed by atoms with Crippen LogP contribution in [0.1, 0.15) is 0 Å². The highest BCUT2D eigenvalue weighted by Crippen LogP contribution is 2.15. The highest BCUT2D eigenvalue weighted by Gasteiger charge is 2.16. The van der Waals surface area contributed by atoms with Crippen LogP contribution in [0.3, 0.4) is 0 Å². The lowest BCUT2D eigenvalue weighted by Gasteiger charge is -2.32. The van der Waals surface area contributed by atoms with Crippen molar-refractivity contribution >= 4 is 41.4 Å². The summed E-state index contributed by atoms with van der Waals surface area (Å²) >= 11 is 10.3. The number of hydrogen-bond acceptors (Lipinski definition) is 6. The predicted octanol–water partition coefficient (Wildman–Crippen LogP) is 1.50. The molecule has 19 heavy (non-hydrogen) atoms. The number of rotatable bonds is 1. The van der Waals surface area contributed by atoms with Gasteiger partial charge in [-0.15, -0.1) is 0 Å². The summed E-state index contributed by atoms with van der Waals surface area (Å²) in [4.78, 5) is 19.3. The molecule has 2 aromatic heterocycles. The molecule has 2 aromatic rings. The fraction of sp³-hybridized carbons (Fsp3) is 0.455. The van der Waals surface area contributed by atoms with E-state index < -0.39 is 0 Å². The van der Waals surface area contributed by atoms with Crippen LogP contribution >= 0.6 is 24.4 Å². The number of fused-ring (bicyclic) bond motifs is 1. The van der Waals surface area contributed by atoms with Gasteiger partial charge in [-0.25, -0.2) is 4.98 Å². The number of hydrogen-bond donors (Lipinski definition) is 2. The minimum Gasteiger partial charge on any atom is -0.338 e. The third kappa shape index (κ3) is 2.51. The maximum Gasteiger partial charge on any atom is 0.227 e. The molecule has 0 atom stereocenters. The zero-order chi connectivity index (χ0) is 13.4. The van der Waals surface area contributed by atoms with E-state index in [1.54, 1.807) is 6.20 Å². The van der Waals surface area contributed by atoms with Crippen LogP contribution in [0.15, 0.2) is 6.20 Å². The van der Waals surface area contributed by atoms with Crippen molar-refractivity contribution in [2.75, 3.05) is 38.1 Å². The molecule has 0 aromatic carbocycles. The lowest BCUT2D eigenvalue weighted by Crippen LogP contribution is -2.45. The molecule has 0 saturated carbocycles. The standard InChI is InChI=1S/C11H14N6S2/c1-16-2-4-17(5-3-16)10-12-6-7-8(13-10)14-11(19)15-9(7)18/h6H,2-5H2,1H3,(H2,12,13,14,15,18,19). The molecule has 3 rings (SSSR count). The summed E-state index contributed by atoms with van der Waals surface area (Å²) in [5.41, 5.74) is 0.692. The van der Waals surface area contributed by atoms with Gasteiger partial charge in [0, 0.05) is 32.4 Å². The molecule has 3 heterocycles. The van der Waals surface area contributed by atoms with E-state index in [0.29, 0.717) is 15.1 Å². The summed E-state index contributed by atoms with van der Waals surface area (Å²) in [5.74, 6) is 0.729. The first-order valence-corrected chi connectivity index (χ1v) is 6.88. The summed E-state index contributed by atoms with van der Waals surface area (Å²) < 4.78 is 1.06. The first-order valence-electron chi connectivity index (χ1n) is 6.06. The van der Waals surface area contributed by atoms with Gasteiger partial charge >= 0.3 is 0 Å². The van der Waals surface area contributed by atoms with Gasteiger partial charge < -0.3 is 19.8 Å². The Labute approximate surface area is 120 Å². The van der Waals surface area contributed by atoms with Gasteiger partial charge in [0.25, 0.3) is 0 Å². The average Bonchev–Trinajstić information content (AvgIpc) is 2.38. The Balaban J connectivity index is 2.02. The van der Waals surface area contributed by atoms with Gasteiger partial charge in [0.05, 0.1) is 5.39 Å². The van der Waals surface area contributed by atoms with Crippen molar-refractivity contribution in [3.8, 4) is 0 Å². The molecule has 1 aliphatic rings. The molecule has 0 spiro atoms. The monoisotopic (exact) mass is 294 g/mol. The van der Waals surface area contributed by atoms with Gasteiger partial charge in [-0.1, -0.05) is 12.2 Å². The molecule has 0 amide bonds. The van der Waals surface area contributed by atoms with Crippen molar-refractivity contribution in [2.24, 2.45) is 0 Å². The Hall–Kier alpha value is -1.38. The lowest BCUT2D eigenvalue weighted by molar-refractivity contribution is 0.311. The lowest BCUT2D eigenvalue weighted by atomic mass is 10.3. The van der Waals surface area contributed by atoms with E-state index in [0.717, 1.165) is 37.5 Å². The van der Waals surface area contributed by atoms with Crippen molar-refractivity contribution in [3.63, 3.8) is 0 Å². The first-order chi connectivity index (χ1) is 9.13. The number of piperazine rings is 1. The second-order valence-corrected chi connectivity index (χ2v) is 5.45. The van der Waals surface area contributed by atoms with E-state index in [2.05, 4.69) is 36.8 Å². The van der Waals surface area contributed by atoms with Gasteiger partial charge in [0.1, 0.15) is 10.3 Å². The first kappa shape index (κ1) is 12.6. The molecule has 6 nitrogen and oxygen atoms in total. The zero-order valence-corrected chi connectivity index (χ0v) is 12.1. The SMILES string of the molecule is CN1CCN(c2ncc3c(=S)[nH]c(=S)[nH]c3n2)CC1. The predicted molar refractivity (Wildman–Crippen MR) is 79.6 cm³/mol. The van der Waals surface area contributed by atoms with Crippen LogP contribution in [-0.2, 0) is 0 Å². The maximum atomic E-state index is 5.21. The number of aromatic nitrogens is 4. The molecule has 1 aliphatic heterocycles. The zero-order valence-electron chi connectivity index (χ0n) is 10.5. The van der Waals surface area contributed by atoms with Crippen molar-refractivity contribution < 1.29 is 0 Å². The summed E-state index contributed by atoms with van der Waals surface area (Å²) in [7, 11) is 2.12. The van der Waals surface area contributed by atoms with Crippen molar-refractivity contribution in [3.05, 3.63) is 15.6 Å². The van der Waals surface area contributed by atoms with Crippen LogP contribution in [0.4, 0.5) is 5.95 Å². The van der Waals surface area contributed by atoms with E-state index in [9.17, 15) is 0 Å². The summed E-state index contributed by atoms with van der Waals surface area (Å²) in [6, 6.07) is 0. The van der Waals surface area contributed by atoms with E-state index >= 15 is 0 Å². The van der Waals surface area contributed by atoms with Gasteiger partial charge in [-0.2, -0.15) is 4.98 Å². The summed E-state index contributed by atoms with van der Waals surface area (Å²) in [6.45, 7) is 3.91. The second-order valence-electron chi connectivity index (χ2n) is 4.63. The Morgan fingerprint density at radius 2 is 1.89 bits per heavy atom. The van der Waals surface area contributed by atoms with Crippen LogP contribution in [0.2, 0.25) is 0 Å². The fourth-order valence-corrected chi connectivity index (χ4v) is 2.62. The quantitative estimate of drug-likeness (QED) is 0.777. The number of nitrogens with one attached hydrogen (secondary N) is 2. The molecule has 0 bridgehead atoms. The molecule has 1 fully saturated rings. The molecular formula is C11H14N6S2. The number of nitrogens with zero attached hydrogens (tertiary/aromatic N) is 4. The van der Waals surface area contributed by atoms with E-state index in [4.69, 9.17) is 24.4 Å².